The van der Waals surface area contributed by atoms with Crippen LogP contribution in [0.1, 0.15) is 45.0 Å². The lowest BCUT2D eigenvalue weighted by Crippen LogP contribution is -2.39. The highest BCUT2D eigenvalue weighted by Gasteiger charge is 2.07. The molecule has 1 aromatic carbocycles. The van der Waals surface area contributed by atoms with E-state index in [1.54, 1.807) is 0 Å². The molecule has 0 spiro atoms. The third-order valence-corrected chi connectivity index (χ3v) is 2.98. The van der Waals surface area contributed by atoms with Crippen molar-refractivity contribution in [2.75, 3.05) is 0 Å². The summed E-state index contributed by atoms with van der Waals surface area (Å²) < 4.78 is 0. The van der Waals surface area contributed by atoms with E-state index in [-0.39, 0.29) is 12.1 Å². The number of nitrogens with one attached hydrogen (secondary N) is 3. The summed E-state index contributed by atoms with van der Waals surface area (Å²) in [5.74, 6) is 1.36. The van der Waals surface area contributed by atoms with Gasteiger partial charge in [-0.2, -0.15) is 0 Å². The quantitative estimate of drug-likeness (QED) is 0.802. The number of carbonyl (C=O) groups is 1. The molecule has 5 heteroatoms. The van der Waals surface area contributed by atoms with Gasteiger partial charge in [0, 0.05) is 18.5 Å². The van der Waals surface area contributed by atoms with Crippen LogP contribution in [0.5, 0.6) is 0 Å². The third kappa shape index (κ3) is 3.50. The zero-order valence-electron chi connectivity index (χ0n) is 12.4. The summed E-state index contributed by atoms with van der Waals surface area (Å²) >= 11 is 0. The van der Waals surface area contributed by atoms with E-state index in [4.69, 9.17) is 0 Å². The van der Waals surface area contributed by atoms with Crippen molar-refractivity contribution in [2.24, 2.45) is 0 Å². The van der Waals surface area contributed by atoms with Gasteiger partial charge >= 0.3 is 6.03 Å². The Morgan fingerprint density at radius 2 is 2.05 bits per heavy atom. The van der Waals surface area contributed by atoms with Crippen LogP contribution in [0.25, 0.3) is 11.0 Å². The van der Waals surface area contributed by atoms with Crippen LogP contribution < -0.4 is 10.6 Å². The zero-order chi connectivity index (χ0) is 14.7. The molecule has 0 fully saturated rings. The Morgan fingerprint density at radius 3 is 2.70 bits per heavy atom. The number of aromatic nitrogens is 2. The number of rotatable bonds is 4. The number of urea groups is 1. The van der Waals surface area contributed by atoms with Gasteiger partial charge in [0.2, 0.25) is 0 Å². The van der Waals surface area contributed by atoms with E-state index in [0.29, 0.717) is 12.5 Å². The fraction of sp³-hybridized carbons (Fsp3) is 0.467. The minimum atomic E-state index is -0.146. The van der Waals surface area contributed by atoms with Crippen molar-refractivity contribution >= 4 is 17.1 Å². The van der Waals surface area contributed by atoms with Gasteiger partial charge in [-0.05, 0) is 31.5 Å². The predicted octanol–water partition coefficient (Wildman–Crippen LogP) is 2.89. The van der Waals surface area contributed by atoms with Crippen molar-refractivity contribution < 1.29 is 4.79 Å². The standard InChI is InChI=1S/C15H22N4O/c1-9(2)14-18-12-6-5-11(7-13(12)19-14)8-16-15(20)17-10(3)4/h5-7,9-10H,8H2,1-4H3,(H,18,19)(H2,16,17,20). The largest absolute Gasteiger partial charge is 0.342 e. The average Bonchev–Trinajstić information content (AvgIpc) is 2.78. The normalized spacial score (nSPS) is 11.3. The molecule has 5 nitrogen and oxygen atoms in total. The number of fused-ring (bicyclic) bond motifs is 1. The first kappa shape index (κ1) is 14.4. The van der Waals surface area contributed by atoms with Gasteiger partial charge in [0.25, 0.3) is 0 Å². The highest BCUT2D eigenvalue weighted by atomic mass is 16.2. The molecule has 0 saturated carbocycles. The number of carbonyl (C=O) groups excluding carboxylic acids is 1. The summed E-state index contributed by atoms with van der Waals surface area (Å²) in [7, 11) is 0. The molecule has 1 aromatic heterocycles. The van der Waals surface area contributed by atoms with Crippen molar-refractivity contribution in [3.8, 4) is 0 Å². The summed E-state index contributed by atoms with van der Waals surface area (Å²) in [4.78, 5) is 19.4. The van der Waals surface area contributed by atoms with Crippen LogP contribution in [-0.2, 0) is 6.54 Å². The number of imidazole rings is 1. The van der Waals surface area contributed by atoms with Crippen LogP contribution in [0, 0.1) is 0 Å². The number of hydrogen-bond donors (Lipinski definition) is 3. The number of benzene rings is 1. The molecule has 20 heavy (non-hydrogen) atoms. The second-order valence-electron chi connectivity index (χ2n) is 5.61. The van der Waals surface area contributed by atoms with Crippen LogP contribution in [0.15, 0.2) is 18.2 Å². The Balaban J connectivity index is 2.06. The molecule has 0 unspecified atom stereocenters. The minimum absolute atomic E-state index is 0.138. The van der Waals surface area contributed by atoms with Gasteiger partial charge in [0.1, 0.15) is 5.82 Å². The number of H-pyrrole nitrogens is 1. The second kappa shape index (κ2) is 5.94. The molecular formula is C15H22N4O. The smallest absolute Gasteiger partial charge is 0.315 e. The van der Waals surface area contributed by atoms with Crippen molar-refractivity contribution in [3.05, 3.63) is 29.6 Å². The summed E-state index contributed by atoms with van der Waals surface area (Å²) in [6.45, 7) is 8.59. The predicted molar refractivity (Wildman–Crippen MR) is 80.7 cm³/mol. The third-order valence-electron chi connectivity index (χ3n) is 2.98. The summed E-state index contributed by atoms with van der Waals surface area (Å²) in [5, 5.41) is 5.64. The number of nitrogens with zero attached hydrogens (tertiary/aromatic N) is 1. The Morgan fingerprint density at radius 1 is 1.30 bits per heavy atom. The van der Waals surface area contributed by atoms with E-state index in [9.17, 15) is 4.79 Å². The molecule has 0 aliphatic carbocycles. The van der Waals surface area contributed by atoms with Gasteiger partial charge in [0.05, 0.1) is 11.0 Å². The molecule has 108 valence electrons. The van der Waals surface area contributed by atoms with Crippen LogP contribution in [0.3, 0.4) is 0 Å². The fourth-order valence-corrected chi connectivity index (χ4v) is 1.96. The first-order valence-corrected chi connectivity index (χ1v) is 6.98. The maximum absolute atomic E-state index is 11.5. The van der Waals surface area contributed by atoms with E-state index in [0.717, 1.165) is 22.4 Å². The maximum atomic E-state index is 11.5. The Labute approximate surface area is 119 Å². The van der Waals surface area contributed by atoms with Crippen LogP contribution in [0.2, 0.25) is 0 Å². The molecule has 0 aliphatic heterocycles. The molecule has 0 bridgehead atoms. The summed E-state index contributed by atoms with van der Waals surface area (Å²) in [6, 6.07) is 5.99. The topological polar surface area (TPSA) is 69.8 Å². The van der Waals surface area contributed by atoms with E-state index in [1.807, 2.05) is 32.0 Å². The molecule has 0 saturated heterocycles. The van der Waals surface area contributed by atoms with Crippen molar-refractivity contribution in [2.45, 2.75) is 46.2 Å². The SMILES string of the molecule is CC(C)NC(=O)NCc1ccc2nc(C(C)C)[nH]c2c1. The Bertz CT molecular complexity index is 601. The van der Waals surface area contributed by atoms with Crippen LogP contribution in [-0.4, -0.2) is 22.0 Å². The Hall–Kier alpha value is -2.04. The summed E-state index contributed by atoms with van der Waals surface area (Å²) in [6.07, 6.45) is 0. The Kier molecular flexibility index (Phi) is 4.27. The van der Waals surface area contributed by atoms with Gasteiger partial charge in [-0.1, -0.05) is 19.9 Å². The van der Waals surface area contributed by atoms with Crippen molar-refractivity contribution in [3.63, 3.8) is 0 Å². The van der Waals surface area contributed by atoms with Gasteiger partial charge in [-0.3, -0.25) is 0 Å². The number of amides is 2. The monoisotopic (exact) mass is 274 g/mol. The van der Waals surface area contributed by atoms with Crippen LogP contribution in [0.4, 0.5) is 4.79 Å². The van der Waals surface area contributed by atoms with E-state index in [1.165, 1.54) is 0 Å². The van der Waals surface area contributed by atoms with E-state index in [2.05, 4.69) is 34.4 Å². The molecule has 0 atom stereocenters. The molecule has 3 N–H and O–H groups in total. The zero-order valence-corrected chi connectivity index (χ0v) is 12.4. The van der Waals surface area contributed by atoms with Gasteiger partial charge in [-0.25, -0.2) is 9.78 Å². The average molecular weight is 274 g/mol. The second-order valence-corrected chi connectivity index (χ2v) is 5.61. The lowest BCUT2D eigenvalue weighted by Gasteiger charge is -2.10. The minimum Gasteiger partial charge on any atom is -0.342 e. The van der Waals surface area contributed by atoms with Gasteiger partial charge in [-0.15, -0.1) is 0 Å². The molecular weight excluding hydrogens is 252 g/mol. The van der Waals surface area contributed by atoms with Gasteiger partial charge in [0.15, 0.2) is 0 Å². The lowest BCUT2D eigenvalue weighted by atomic mass is 10.2. The number of hydrogen-bond acceptors (Lipinski definition) is 2. The van der Waals surface area contributed by atoms with E-state index < -0.39 is 0 Å². The van der Waals surface area contributed by atoms with Crippen molar-refractivity contribution in [1.29, 1.82) is 0 Å². The molecule has 2 amide bonds. The highest BCUT2D eigenvalue weighted by molar-refractivity contribution is 5.77. The lowest BCUT2D eigenvalue weighted by molar-refractivity contribution is 0.238. The fourth-order valence-electron chi connectivity index (χ4n) is 1.96. The first-order valence-electron chi connectivity index (χ1n) is 6.98. The molecule has 0 aliphatic rings. The molecule has 2 aromatic rings. The number of aromatic amines is 1. The molecule has 2 rings (SSSR count). The first-order chi connectivity index (χ1) is 9.45. The van der Waals surface area contributed by atoms with E-state index >= 15 is 0 Å². The molecule has 1 heterocycles. The van der Waals surface area contributed by atoms with Gasteiger partial charge < -0.3 is 15.6 Å². The highest BCUT2D eigenvalue weighted by Crippen LogP contribution is 2.18. The van der Waals surface area contributed by atoms with Crippen molar-refractivity contribution in [1.82, 2.24) is 20.6 Å². The maximum Gasteiger partial charge on any atom is 0.315 e. The summed E-state index contributed by atoms with van der Waals surface area (Å²) in [5.41, 5.74) is 3.02. The van der Waals surface area contributed by atoms with Crippen LogP contribution >= 0.6 is 0 Å². The molecule has 0 radical (unpaired) electrons.